The van der Waals surface area contributed by atoms with E-state index in [4.69, 9.17) is 5.73 Å². The highest BCUT2D eigenvalue weighted by Crippen LogP contribution is 2.05. The Morgan fingerprint density at radius 1 is 1.35 bits per heavy atom. The van der Waals surface area contributed by atoms with Crippen LogP contribution in [0.15, 0.2) is 18.5 Å². The van der Waals surface area contributed by atoms with Crippen LogP contribution in [-0.4, -0.2) is 31.3 Å². The summed E-state index contributed by atoms with van der Waals surface area (Å²) in [7, 11) is 0. The minimum atomic E-state index is 0.731. The summed E-state index contributed by atoms with van der Waals surface area (Å²) in [5.41, 5.74) is 6.44. The fourth-order valence-corrected chi connectivity index (χ4v) is 1.62. The van der Waals surface area contributed by atoms with Crippen LogP contribution in [0.3, 0.4) is 0 Å². The van der Waals surface area contributed by atoms with Crippen LogP contribution in [0.1, 0.15) is 25.5 Å². The molecule has 92 valence electrons. The van der Waals surface area contributed by atoms with Crippen molar-refractivity contribution in [2.45, 2.75) is 32.7 Å². The summed E-state index contributed by atoms with van der Waals surface area (Å²) in [5.74, 6) is 0.810. The van der Waals surface area contributed by atoms with Gasteiger partial charge in [0.15, 0.2) is 5.82 Å². The van der Waals surface area contributed by atoms with E-state index in [0.717, 1.165) is 43.9 Å². The Morgan fingerprint density at radius 2 is 2.24 bits per heavy atom. The van der Waals surface area contributed by atoms with E-state index in [2.05, 4.69) is 22.3 Å². The van der Waals surface area contributed by atoms with Gasteiger partial charge in [-0.1, -0.05) is 5.21 Å². The maximum absolute atomic E-state index is 5.45. The molecule has 0 aliphatic carbocycles. The molecule has 0 unspecified atom stereocenters. The van der Waals surface area contributed by atoms with Gasteiger partial charge in [0.05, 0.1) is 11.9 Å². The molecule has 0 radical (unpaired) electrons. The summed E-state index contributed by atoms with van der Waals surface area (Å²) in [4.78, 5) is 0. The zero-order valence-corrected chi connectivity index (χ0v) is 10.1. The van der Waals surface area contributed by atoms with Crippen LogP contribution in [0.4, 0.5) is 0 Å². The Balaban J connectivity index is 2.02. The molecule has 0 saturated heterocycles. The molecule has 17 heavy (non-hydrogen) atoms. The first-order valence-corrected chi connectivity index (χ1v) is 5.98. The second-order valence-corrected chi connectivity index (χ2v) is 3.93. The molecule has 6 nitrogen and oxygen atoms in total. The Labute approximate surface area is 100 Å². The largest absolute Gasteiger partial charge is 0.330 e. The van der Waals surface area contributed by atoms with Crippen molar-refractivity contribution in [1.29, 1.82) is 0 Å². The Hall–Kier alpha value is -1.69. The number of aromatic nitrogens is 5. The van der Waals surface area contributed by atoms with Gasteiger partial charge in [0.1, 0.15) is 0 Å². The van der Waals surface area contributed by atoms with Crippen molar-refractivity contribution >= 4 is 0 Å². The van der Waals surface area contributed by atoms with Crippen molar-refractivity contribution in [2.75, 3.05) is 6.54 Å². The quantitative estimate of drug-likeness (QED) is 0.749. The van der Waals surface area contributed by atoms with E-state index in [9.17, 15) is 0 Å². The van der Waals surface area contributed by atoms with Gasteiger partial charge in [0, 0.05) is 18.8 Å². The molecule has 0 amide bonds. The molecule has 2 rings (SSSR count). The average molecular weight is 234 g/mol. The number of hydrogen-bond acceptors (Lipinski definition) is 4. The van der Waals surface area contributed by atoms with Gasteiger partial charge in [-0.3, -0.25) is 4.68 Å². The van der Waals surface area contributed by atoms with E-state index in [1.807, 2.05) is 23.1 Å². The summed E-state index contributed by atoms with van der Waals surface area (Å²) in [6.07, 6.45) is 6.87. The second kappa shape index (κ2) is 5.58. The molecule has 0 bridgehead atoms. The van der Waals surface area contributed by atoms with Gasteiger partial charge >= 0.3 is 0 Å². The topological polar surface area (TPSA) is 74.5 Å². The van der Waals surface area contributed by atoms with Crippen molar-refractivity contribution in [1.82, 2.24) is 24.8 Å². The van der Waals surface area contributed by atoms with E-state index in [-0.39, 0.29) is 0 Å². The van der Waals surface area contributed by atoms with Crippen LogP contribution in [-0.2, 0) is 13.0 Å². The van der Waals surface area contributed by atoms with Gasteiger partial charge in [-0.05, 0) is 32.7 Å². The number of hydrogen-bond donors (Lipinski definition) is 1. The maximum Gasteiger partial charge on any atom is 0.176 e. The fraction of sp³-hybridized carbons (Fsp3) is 0.545. The fourth-order valence-electron chi connectivity index (χ4n) is 1.62. The zero-order valence-electron chi connectivity index (χ0n) is 10.1. The molecule has 2 aromatic heterocycles. The molecular weight excluding hydrogens is 216 g/mol. The normalized spacial score (nSPS) is 10.9. The van der Waals surface area contributed by atoms with E-state index < -0.39 is 0 Å². The molecule has 0 aromatic carbocycles. The molecule has 0 aliphatic heterocycles. The highest BCUT2D eigenvalue weighted by molar-refractivity contribution is 5.18. The van der Waals surface area contributed by atoms with Crippen LogP contribution in [0.2, 0.25) is 0 Å². The maximum atomic E-state index is 5.45. The van der Waals surface area contributed by atoms with Crippen LogP contribution in [0, 0.1) is 0 Å². The lowest BCUT2D eigenvalue weighted by Gasteiger charge is -1.94. The zero-order chi connectivity index (χ0) is 12.1. The van der Waals surface area contributed by atoms with Crippen molar-refractivity contribution < 1.29 is 0 Å². The SMILES string of the molecule is CCn1ccc(-n2cc(CCCCN)nn2)n1. The molecule has 6 heteroatoms. The van der Waals surface area contributed by atoms with Crippen LogP contribution in [0.25, 0.3) is 5.82 Å². The third-order valence-corrected chi connectivity index (χ3v) is 2.61. The van der Waals surface area contributed by atoms with Gasteiger partial charge in [0.2, 0.25) is 0 Å². The third kappa shape index (κ3) is 2.91. The van der Waals surface area contributed by atoms with Gasteiger partial charge in [-0.25, -0.2) is 4.68 Å². The smallest absolute Gasteiger partial charge is 0.176 e. The molecule has 2 aromatic rings. The van der Waals surface area contributed by atoms with Gasteiger partial charge in [0.25, 0.3) is 0 Å². The van der Waals surface area contributed by atoms with Gasteiger partial charge < -0.3 is 5.73 Å². The summed E-state index contributed by atoms with van der Waals surface area (Å²) in [6.45, 7) is 3.64. The Kier molecular flexibility index (Phi) is 3.87. The monoisotopic (exact) mass is 234 g/mol. The summed E-state index contributed by atoms with van der Waals surface area (Å²) in [5, 5.41) is 12.6. The van der Waals surface area contributed by atoms with E-state index in [0.29, 0.717) is 0 Å². The molecule has 0 aliphatic rings. The summed E-state index contributed by atoms with van der Waals surface area (Å²) in [6, 6.07) is 1.93. The first-order valence-electron chi connectivity index (χ1n) is 5.98. The lowest BCUT2D eigenvalue weighted by molar-refractivity contribution is 0.642. The number of rotatable bonds is 6. The van der Waals surface area contributed by atoms with Crippen molar-refractivity contribution in [3.8, 4) is 5.82 Å². The van der Waals surface area contributed by atoms with E-state index >= 15 is 0 Å². The van der Waals surface area contributed by atoms with Gasteiger partial charge in [-0.15, -0.1) is 5.10 Å². The molecule has 0 fully saturated rings. The first kappa shape index (κ1) is 11.8. The molecule has 0 saturated carbocycles. The van der Waals surface area contributed by atoms with E-state index in [1.54, 1.807) is 4.68 Å². The van der Waals surface area contributed by atoms with E-state index in [1.165, 1.54) is 0 Å². The average Bonchev–Trinajstić information content (AvgIpc) is 2.97. The first-order chi connectivity index (χ1) is 8.33. The molecule has 0 atom stereocenters. The number of nitrogens with two attached hydrogens (primary N) is 1. The molecule has 2 N–H and O–H groups in total. The van der Waals surface area contributed by atoms with Crippen molar-refractivity contribution in [3.63, 3.8) is 0 Å². The minimum Gasteiger partial charge on any atom is -0.330 e. The highest BCUT2D eigenvalue weighted by atomic mass is 15.5. The number of nitrogens with zero attached hydrogens (tertiary/aromatic N) is 5. The predicted octanol–water partition coefficient (Wildman–Crippen LogP) is 0.765. The molecule has 0 spiro atoms. The minimum absolute atomic E-state index is 0.731. The van der Waals surface area contributed by atoms with Crippen LogP contribution in [0.5, 0.6) is 0 Å². The van der Waals surface area contributed by atoms with Gasteiger partial charge in [-0.2, -0.15) is 5.10 Å². The molecular formula is C11H18N6. The standard InChI is InChI=1S/C11H18N6/c1-2-16-8-6-11(14-16)17-9-10(13-15-17)5-3-4-7-12/h6,8-9H,2-5,7,12H2,1H3. The van der Waals surface area contributed by atoms with Crippen molar-refractivity contribution in [2.24, 2.45) is 5.73 Å². The van der Waals surface area contributed by atoms with Crippen molar-refractivity contribution in [3.05, 3.63) is 24.2 Å². The lowest BCUT2D eigenvalue weighted by atomic mass is 10.2. The predicted molar refractivity (Wildman–Crippen MR) is 64.8 cm³/mol. The molecule has 2 heterocycles. The third-order valence-electron chi connectivity index (χ3n) is 2.61. The number of aryl methyl sites for hydroxylation is 2. The second-order valence-electron chi connectivity index (χ2n) is 3.93. The summed E-state index contributed by atoms with van der Waals surface area (Å²) < 4.78 is 3.58. The number of unbranched alkanes of at least 4 members (excludes halogenated alkanes) is 1. The highest BCUT2D eigenvalue weighted by Gasteiger charge is 2.05. The van der Waals surface area contributed by atoms with Crippen LogP contribution >= 0.6 is 0 Å². The summed E-state index contributed by atoms with van der Waals surface area (Å²) >= 11 is 0. The Bertz CT molecular complexity index is 458. The lowest BCUT2D eigenvalue weighted by Crippen LogP contribution is -1.99. The van der Waals surface area contributed by atoms with Crippen LogP contribution < -0.4 is 5.73 Å². The Morgan fingerprint density at radius 3 is 2.94 bits per heavy atom.